The van der Waals surface area contributed by atoms with Crippen LogP contribution in [-0.2, 0) is 6.42 Å². The van der Waals surface area contributed by atoms with Crippen LogP contribution in [-0.4, -0.2) is 19.1 Å². The van der Waals surface area contributed by atoms with Crippen LogP contribution in [0.25, 0.3) is 0 Å². The normalized spacial score (nSPS) is 12.5. The van der Waals surface area contributed by atoms with Crippen molar-refractivity contribution in [3.8, 4) is 0 Å². The highest BCUT2D eigenvalue weighted by atomic mass is 15.1. The van der Waals surface area contributed by atoms with Gasteiger partial charge in [0.1, 0.15) is 0 Å². The number of nitrogens with two attached hydrogens (primary N) is 1. The Labute approximate surface area is 119 Å². The molecule has 1 aromatic rings. The van der Waals surface area contributed by atoms with E-state index in [-0.39, 0.29) is 6.04 Å². The third-order valence-corrected chi connectivity index (χ3v) is 3.69. The highest BCUT2D eigenvalue weighted by Crippen LogP contribution is 2.21. The topological polar surface area (TPSA) is 29.3 Å². The van der Waals surface area contributed by atoms with Crippen LogP contribution >= 0.6 is 0 Å². The van der Waals surface area contributed by atoms with E-state index in [9.17, 15) is 0 Å². The zero-order valence-corrected chi connectivity index (χ0v) is 13.1. The first kappa shape index (κ1) is 16.0. The molecule has 0 bridgehead atoms. The molecule has 1 unspecified atom stereocenters. The Morgan fingerprint density at radius 2 is 1.74 bits per heavy atom. The van der Waals surface area contributed by atoms with Gasteiger partial charge < -0.3 is 10.6 Å². The predicted molar refractivity (Wildman–Crippen MR) is 85.9 cm³/mol. The summed E-state index contributed by atoms with van der Waals surface area (Å²) in [6, 6.07) is 7.11. The largest absolute Gasteiger partial charge is 0.372 e. The molecular weight excluding hydrogens is 232 g/mol. The van der Waals surface area contributed by atoms with E-state index in [4.69, 9.17) is 5.73 Å². The molecule has 2 N–H and O–H groups in total. The van der Waals surface area contributed by atoms with Crippen LogP contribution in [0, 0.1) is 6.92 Å². The van der Waals surface area contributed by atoms with E-state index in [1.807, 2.05) is 0 Å². The molecule has 0 aliphatic heterocycles. The Hall–Kier alpha value is -1.02. The second-order valence-electron chi connectivity index (χ2n) is 5.47. The van der Waals surface area contributed by atoms with Crippen molar-refractivity contribution in [3.05, 3.63) is 29.3 Å². The minimum Gasteiger partial charge on any atom is -0.372 e. The second kappa shape index (κ2) is 8.21. The summed E-state index contributed by atoms with van der Waals surface area (Å²) in [5.41, 5.74) is 10.2. The molecule has 108 valence electrons. The Kier molecular flexibility index (Phi) is 6.93. The first-order valence-corrected chi connectivity index (χ1v) is 7.72. The van der Waals surface area contributed by atoms with Gasteiger partial charge in [-0.3, -0.25) is 0 Å². The molecule has 0 aliphatic carbocycles. The Morgan fingerprint density at radius 1 is 1.11 bits per heavy atom. The van der Waals surface area contributed by atoms with Gasteiger partial charge in [0.2, 0.25) is 0 Å². The Bertz CT molecular complexity index is 368. The van der Waals surface area contributed by atoms with Crippen molar-refractivity contribution in [2.75, 3.05) is 18.0 Å². The summed E-state index contributed by atoms with van der Waals surface area (Å²) in [5, 5.41) is 0. The molecule has 0 fully saturated rings. The number of aryl methyl sites for hydroxylation is 1. The number of hydrogen-bond acceptors (Lipinski definition) is 2. The van der Waals surface area contributed by atoms with E-state index in [1.165, 1.54) is 29.7 Å². The summed E-state index contributed by atoms with van der Waals surface area (Å²) in [7, 11) is 0. The monoisotopic (exact) mass is 262 g/mol. The predicted octanol–water partition coefficient (Wildman–Crippen LogP) is 3.90. The molecule has 1 atom stereocenters. The highest BCUT2D eigenvalue weighted by Gasteiger charge is 2.09. The molecule has 0 spiro atoms. The van der Waals surface area contributed by atoms with Gasteiger partial charge in [-0.2, -0.15) is 0 Å². The van der Waals surface area contributed by atoms with E-state index in [1.54, 1.807) is 0 Å². The molecule has 0 aliphatic rings. The molecule has 0 amide bonds. The van der Waals surface area contributed by atoms with Crippen LogP contribution in [0.4, 0.5) is 5.69 Å². The third kappa shape index (κ3) is 4.87. The maximum atomic E-state index is 6.10. The molecule has 0 saturated heterocycles. The Morgan fingerprint density at radius 3 is 2.26 bits per heavy atom. The maximum absolute atomic E-state index is 6.10. The zero-order chi connectivity index (χ0) is 14.3. The minimum absolute atomic E-state index is 0.278. The SMILES string of the molecule is CCCN(CCC)c1ccc(C)c(CC(N)CC)c1. The van der Waals surface area contributed by atoms with Gasteiger partial charge in [0.25, 0.3) is 0 Å². The third-order valence-electron chi connectivity index (χ3n) is 3.69. The van der Waals surface area contributed by atoms with Gasteiger partial charge in [-0.1, -0.05) is 26.8 Å². The average Bonchev–Trinajstić information content (AvgIpc) is 2.41. The second-order valence-corrected chi connectivity index (χ2v) is 5.47. The molecule has 0 heterocycles. The van der Waals surface area contributed by atoms with Crippen LogP contribution in [0.2, 0.25) is 0 Å². The Balaban J connectivity index is 2.92. The summed E-state index contributed by atoms with van der Waals surface area (Å²) in [6.07, 6.45) is 4.41. The number of nitrogens with zero attached hydrogens (tertiary/aromatic N) is 1. The van der Waals surface area contributed by atoms with E-state index in [2.05, 4.69) is 50.8 Å². The molecule has 0 radical (unpaired) electrons. The molecule has 2 nitrogen and oxygen atoms in total. The number of rotatable bonds is 8. The highest BCUT2D eigenvalue weighted by molar-refractivity contribution is 5.51. The zero-order valence-electron chi connectivity index (χ0n) is 13.1. The standard InChI is InChI=1S/C17H30N2/c1-5-10-19(11-6-2)17-9-8-14(4)15(13-17)12-16(18)7-3/h8-9,13,16H,5-7,10-12,18H2,1-4H3. The fourth-order valence-electron chi connectivity index (χ4n) is 2.41. The molecule has 19 heavy (non-hydrogen) atoms. The first-order valence-electron chi connectivity index (χ1n) is 7.72. The summed E-state index contributed by atoms with van der Waals surface area (Å²) < 4.78 is 0. The summed E-state index contributed by atoms with van der Waals surface area (Å²) in [5.74, 6) is 0. The number of benzene rings is 1. The van der Waals surface area contributed by atoms with Crippen molar-refractivity contribution in [1.29, 1.82) is 0 Å². The lowest BCUT2D eigenvalue weighted by Crippen LogP contribution is -2.26. The van der Waals surface area contributed by atoms with Crippen LogP contribution in [0.5, 0.6) is 0 Å². The van der Waals surface area contributed by atoms with E-state index < -0.39 is 0 Å². The van der Waals surface area contributed by atoms with Crippen molar-refractivity contribution < 1.29 is 0 Å². The minimum atomic E-state index is 0.278. The average molecular weight is 262 g/mol. The molecule has 1 rings (SSSR count). The van der Waals surface area contributed by atoms with Gasteiger partial charge in [-0.25, -0.2) is 0 Å². The van der Waals surface area contributed by atoms with Crippen LogP contribution in [0.15, 0.2) is 18.2 Å². The van der Waals surface area contributed by atoms with Crippen LogP contribution in [0.1, 0.15) is 51.2 Å². The smallest absolute Gasteiger partial charge is 0.0369 e. The van der Waals surface area contributed by atoms with E-state index in [0.29, 0.717) is 0 Å². The van der Waals surface area contributed by atoms with Crippen molar-refractivity contribution in [2.24, 2.45) is 5.73 Å². The van der Waals surface area contributed by atoms with Gasteiger partial charge in [-0.15, -0.1) is 0 Å². The maximum Gasteiger partial charge on any atom is 0.0369 e. The molecule has 1 aromatic carbocycles. The fraction of sp³-hybridized carbons (Fsp3) is 0.647. The summed E-state index contributed by atoms with van der Waals surface area (Å²) in [4.78, 5) is 2.49. The lowest BCUT2D eigenvalue weighted by atomic mass is 9.99. The lowest BCUT2D eigenvalue weighted by molar-refractivity contribution is 0.644. The van der Waals surface area contributed by atoms with Crippen molar-refractivity contribution >= 4 is 5.69 Å². The molecule has 2 heteroatoms. The van der Waals surface area contributed by atoms with E-state index >= 15 is 0 Å². The molecule has 0 saturated carbocycles. The first-order chi connectivity index (χ1) is 9.12. The number of anilines is 1. The summed E-state index contributed by atoms with van der Waals surface area (Å²) in [6.45, 7) is 11.1. The van der Waals surface area contributed by atoms with Gasteiger partial charge >= 0.3 is 0 Å². The van der Waals surface area contributed by atoms with E-state index in [0.717, 1.165) is 25.9 Å². The number of hydrogen-bond donors (Lipinski definition) is 1. The van der Waals surface area contributed by atoms with Crippen LogP contribution < -0.4 is 10.6 Å². The molecule has 0 aromatic heterocycles. The van der Waals surface area contributed by atoms with Crippen molar-refractivity contribution in [3.63, 3.8) is 0 Å². The molecular formula is C17H30N2. The summed E-state index contributed by atoms with van der Waals surface area (Å²) >= 11 is 0. The quantitative estimate of drug-likeness (QED) is 0.770. The van der Waals surface area contributed by atoms with Gasteiger partial charge in [0, 0.05) is 24.8 Å². The van der Waals surface area contributed by atoms with Crippen molar-refractivity contribution in [1.82, 2.24) is 0 Å². The lowest BCUT2D eigenvalue weighted by Gasteiger charge is -2.25. The van der Waals surface area contributed by atoms with Crippen molar-refractivity contribution in [2.45, 2.75) is 59.4 Å². The van der Waals surface area contributed by atoms with Crippen LogP contribution in [0.3, 0.4) is 0 Å². The van der Waals surface area contributed by atoms with Gasteiger partial charge in [0.05, 0.1) is 0 Å². The fourth-order valence-corrected chi connectivity index (χ4v) is 2.41. The van der Waals surface area contributed by atoms with Gasteiger partial charge in [-0.05, 0) is 55.9 Å². The van der Waals surface area contributed by atoms with Gasteiger partial charge in [0.15, 0.2) is 0 Å².